The maximum Gasteiger partial charge on any atom is 0.179 e. The molecule has 150 valence electrons. The van der Waals surface area contributed by atoms with Crippen LogP contribution in [0.3, 0.4) is 0 Å². The lowest BCUT2D eigenvalue weighted by Gasteiger charge is -2.20. The van der Waals surface area contributed by atoms with E-state index in [-0.39, 0.29) is 17.9 Å². The largest absolute Gasteiger partial charge is 0.492 e. The predicted octanol–water partition coefficient (Wildman–Crippen LogP) is 4.89. The van der Waals surface area contributed by atoms with Crippen LogP contribution in [-0.4, -0.2) is 24.5 Å². The summed E-state index contributed by atoms with van der Waals surface area (Å²) in [6.07, 6.45) is 0. The van der Waals surface area contributed by atoms with Gasteiger partial charge in [0.25, 0.3) is 0 Å². The first-order chi connectivity index (χ1) is 14.1. The van der Waals surface area contributed by atoms with Gasteiger partial charge in [-0.2, -0.15) is 0 Å². The normalized spacial score (nSPS) is 12.8. The van der Waals surface area contributed by atoms with Gasteiger partial charge in [-0.05, 0) is 55.8 Å². The van der Waals surface area contributed by atoms with Crippen molar-refractivity contribution in [3.63, 3.8) is 0 Å². The highest BCUT2D eigenvalue weighted by Gasteiger charge is 2.17. The smallest absolute Gasteiger partial charge is 0.179 e. The fraction of sp³-hybridized carbons (Fsp3) is 0.240. The molecule has 0 unspecified atom stereocenters. The topological polar surface area (TPSA) is 47.6 Å². The Balaban J connectivity index is 1.47. The van der Waals surface area contributed by atoms with Crippen molar-refractivity contribution >= 4 is 5.78 Å². The van der Waals surface area contributed by atoms with Crippen LogP contribution >= 0.6 is 0 Å². The molecular weight excluding hydrogens is 362 g/mol. The number of nitrogens with one attached hydrogen (secondary N) is 1. The molecule has 0 saturated carbocycles. The van der Waals surface area contributed by atoms with E-state index in [2.05, 4.69) is 5.32 Å². The number of hydrogen-bond acceptors (Lipinski definition) is 4. The van der Waals surface area contributed by atoms with E-state index in [1.54, 1.807) is 0 Å². The summed E-state index contributed by atoms with van der Waals surface area (Å²) in [5.41, 5.74) is 1.77. The molecule has 0 saturated heterocycles. The molecular formula is C25H27NO3. The summed E-state index contributed by atoms with van der Waals surface area (Å²) in [5.74, 6) is 1.62. The molecule has 4 heteroatoms. The monoisotopic (exact) mass is 389 g/mol. The van der Waals surface area contributed by atoms with E-state index in [0.717, 1.165) is 17.1 Å². The molecule has 3 aromatic rings. The van der Waals surface area contributed by atoms with Crippen LogP contribution in [0.15, 0.2) is 84.9 Å². The third-order valence-electron chi connectivity index (χ3n) is 4.56. The summed E-state index contributed by atoms with van der Waals surface area (Å²) in [7, 11) is 0. The molecule has 3 aromatic carbocycles. The second-order valence-corrected chi connectivity index (χ2v) is 7.08. The van der Waals surface area contributed by atoms with Gasteiger partial charge in [0.2, 0.25) is 0 Å². The highest BCUT2D eigenvalue weighted by Crippen LogP contribution is 2.16. The van der Waals surface area contributed by atoms with E-state index in [9.17, 15) is 4.79 Å². The number of ketones is 1. The number of benzene rings is 3. The molecule has 0 spiro atoms. The number of hydrogen-bond donors (Lipinski definition) is 1. The minimum atomic E-state index is -0.305. The number of carbonyl (C=O) groups is 1. The zero-order chi connectivity index (χ0) is 20.5. The molecule has 0 fully saturated rings. The Morgan fingerprint density at radius 3 is 2.03 bits per heavy atom. The molecule has 0 amide bonds. The van der Waals surface area contributed by atoms with Crippen LogP contribution in [0, 0.1) is 0 Å². The first kappa shape index (κ1) is 20.6. The fourth-order valence-corrected chi connectivity index (χ4v) is 2.99. The molecule has 4 nitrogen and oxygen atoms in total. The number of Topliss-reactive ketones (excluding diaryl/α,β-unsaturated/α-hetero) is 1. The number of ether oxygens (including phenoxy) is 2. The van der Waals surface area contributed by atoms with Crippen molar-refractivity contribution in [1.82, 2.24) is 5.32 Å². The molecule has 0 aliphatic rings. The van der Waals surface area contributed by atoms with Gasteiger partial charge in [-0.15, -0.1) is 0 Å². The number of para-hydroxylation sites is 1. The molecule has 0 heterocycles. The average molecular weight is 389 g/mol. The molecule has 0 radical (unpaired) electrons. The highest BCUT2D eigenvalue weighted by atomic mass is 16.5. The zero-order valence-electron chi connectivity index (χ0n) is 16.9. The van der Waals surface area contributed by atoms with Gasteiger partial charge in [-0.3, -0.25) is 4.79 Å². The van der Waals surface area contributed by atoms with Gasteiger partial charge in [0.1, 0.15) is 24.7 Å². The second-order valence-electron chi connectivity index (χ2n) is 7.08. The van der Waals surface area contributed by atoms with Gasteiger partial charge in [-0.25, -0.2) is 0 Å². The maximum atomic E-state index is 12.7. The lowest BCUT2D eigenvalue weighted by atomic mass is 10.0. The first-order valence-electron chi connectivity index (χ1n) is 9.86. The van der Waals surface area contributed by atoms with Crippen molar-refractivity contribution in [3.8, 4) is 11.5 Å². The van der Waals surface area contributed by atoms with Crippen molar-refractivity contribution in [3.05, 3.63) is 96.1 Å². The first-order valence-corrected chi connectivity index (χ1v) is 9.86. The van der Waals surface area contributed by atoms with Gasteiger partial charge in [0.05, 0.1) is 6.04 Å². The van der Waals surface area contributed by atoms with E-state index >= 15 is 0 Å². The molecule has 29 heavy (non-hydrogen) atoms. The van der Waals surface area contributed by atoms with Crippen molar-refractivity contribution in [2.75, 3.05) is 6.61 Å². The Kier molecular flexibility index (Phi) is 7.42. The van der Waals surface area contributed by atoms with Gasteiger partial charge in [-0.1, -0.05) is 48.5 Å². The van der Waals surface area contributed by atoms with Crippen LogP contribution < -0.4 is 14.8 Å². The van der Waals surface area contributed by atoms with E-state index in [4.69, 9.17) is 9.47 Å². The quantitative estimate of drug-likeness (QED) is 0.501. The van der Waals surface area contributed by atoms with Crippen LogP contribution in [0.1, 0.15) is 29.8 Å². The minimum absolute atomic E-state index is 0.0441. The molecule has 0 aliphatic heterocycles. The lowest BCUT2D eigenvalue weighted by Crippen LogP contribution is -2.42. The fourth-order valence-electron chi connectivity index (χ4n) is 2.99. The van der Waals surface area contributed by atoms with Crippen LogP contribution in [0.5, 0.6) is 11.5 Å². The Hall–Kier alpha value is -3.11. The van der Waals surface area contributed by atoms with Gasteiger partial charge in [0.15, 0.2) is 5.78 Å². The Bertz CT molecular complexity index is 879. The summed E-state index contributed by atoms with van der Waals surface area (Å²) in [6, 6.07) is 26.7. The standard InChI is InChI=1S/C25H27NO3/c1-19(17-28-23-11-7-4-8-12-23)26-20(2)25(27)22-13-15-24(16-14-22)29-18-21-9-5-3-6-10-21/h3-16,19-20,26H,17-18H2,1-2H3/t19-,20-/m0/s1. The van der Waals surface area contributed by atoms with E-state index < -0.39 is 0 Å². The molecule has 1 N–H and O–H groups in total. The van der Waals surface area contributed by atoms with Crippen LogP contribution in [0.2, 0.25) is 0 Å². The van der Waals surface area contributed by atoms with Crippen molar-refractivity contribution in [2.24, 2.45) is 0 Å². The van der Waals surface area contributed by atoms with Gasteiger partial charge >= 0.3 is 0 Å². The van der Waals surface area contributed by atoms with Gasteiger partial charge < -0.3 is 14.8 Å². The van der Waals surface area contributed by atoms with Crippen molar-refractivity contribution in [1.29, 1.82) is 0 Å². The van der Waals surface area contributed by atoms with Gasteiger partial charge in [0, 0.05) is 11.6 Å². The summed E-state index contributed by atoms with van der Waals surface area (Å²) in [5, 5.41) is 3.30. The second kappa shape index (κ2) is 10.4. The number of rotatable bonds is 10. The zero-order valence-corrected chi connectivity index (χ0v) is 16.9. The van der Waals surface area contributed by atoms with Crippen molar-refractivity contribution in [2.45, 2.75) is 32.5 Å². The van der Waals surface area contributed by atoms with Crippen molar-refractivity contribution < 1.29 is 14.3 Å². The number of carbonyl (C=O) groups excluding carboxylic acids is 1. The van der Waals surface area contributed by atoms with E-state index in [0.29, 0.717) is 18.8 Å². The minimum Gasteiger partial charge on any atom is -0.492 e. The summed E-state index contributed by atoms with van der Waals surface area (Å²) < 4.78 is 11.5. The molecule has 0 aliphatic carbocycles. The molecule has 0 aromatic heterocycles. The summed E-state index contributed by atoms with van der Waals surface area (Å²) in [4.78, 5) is 12.7. The Morgan fingerprint density at radius 1 is 0.793 bits per heavy atom. The van der Waals surface area contributed by atoms with Crippen LogP contribution in [0.4, 0.5) is 0 Å². The highest BCUT2D eigenvalue weighted by molar-refractivity contribution is 5.99. The van der Waals surface area contributed by atoms with Crippen LogP contribution in [0.25, 0.3) is 0 Å². The lowest BCUT2D eigenvalue weighted by molar-refractivity contribution is 0.0940. The maximum absolute atomic E-state index is 12.7. The van der Waals surface area contributed by atoms with E-state index in [1.807, 2.05) is 98.8 Å². The Labute approximate surface area is 172 Å². The summed E-state index contributed by atoms with van der Waals surface area (Å²) >= 11 is 0. The van der Waals surface area contributed by atoms with E-state index in [1.165, 1.54) is 0 Å². The predicted molar refractivity (Wildman–Crippen MR) is 116 cm³/mol. The Morgan fingerprint density at radius 2 is 1.38 bits per heavy atom. The summed E-state index contributed by atoms with van der Waals surface area (Å²) in [6.45, 7) is 4.88. The molecule has 3 rings (SSSR count). The average Bonchev–Trinajstić information content (AvgIpc) is 2.77. The third kappa shape index (κ3) is 6.47. The SMILES string of the molecule is C[C@H](N[C@@H](C)COc1ccccc1)C(=O)c1ccc(OCc2ccccc2)cc1. The molecule has 2 atom stereocenters. The third-order valence-corrected chi connectivity index (χ3v) is 4.56. The molecule has 0 bridgehead atoms. The van der Waals surface area contributed by atoms with Crippen LogP contribution in [-0.2, 0) is 6.61 Å².